The first kappa shape index (κ1) is 13.9. The molecule has 0 radical (unpaired) electrons. The van der Waals surface area contributed by atoms with Gasteiger partial charge in [-0.15, -0.1) is 0 Å². The molecule has 1 N–H and O–H groups in total. The van der Waals surface area contributed by atoms with Crippen LogP contribution < -0.4 is 10.1 Å². The molecule has 4 rings (SSSR count). The van der Waals surface area contributed by atoms with Crippen molar-refractivity contribution in [2.75, 3.05) is 12.4 Å². The summed E-state index contributed by atoms with van der Waals surface area (Å²) in [5.41, 5.74) is 5.07. The lowest BCUT2D eigenvalue weighted by atomic mass is 9.91. The van der Waals surface area contributed by atoms with E-state index in [4.69, 9.17) is 4.74 Å². The monoisotopic (exact) mass is 301 g/mol. The van der Waals surface area contributed by atoms with Crippen LogP contribution in [-0.2, 0) is 0 Å². The van der Waals surface area contributed by atoms with Gasteiger partial charge in [-0.05, 0) is 47.0 Å². The lowest BCUT2D eigenvalue weighted by molar-refractivity contribution is 0.414. The van der Waals surface area contributed by atoms with Crippen molar-refractivity contribution in [2.45, 2.75) is 13.0 Å². The number of benzene rings is 3. The molecule has 0 saturated heterocycles. The van der Waals surface area contributed by atoms with Crippen LogP contribution in [0.25, 0.3) is 16.3 Å². The van der Waals surface area contributed by atoms with Gasteiger partial charge < -0.3 is 10.1 Å². The minimum absolute atomic E-state index is 0.189. The van der Waals surface area contributed by atoms with Gasteiger partial charge in [0.25, 0.3) is 0 Å². The molecule has 0 aliphatic carbocycles. The van der Waals surface area contributed by atoms with Crippen molar-refractivity contribution in [3.63, 3.8) is 0 Å². The van der Waals surface area contributed by atoms with Gasteiger partial charge >= 0.3 is 0 Å². The predicted molar refractivity (Wildman–Crippen MR) is 97.0 cm³/mol. The van der Waals surface area contributed by atoms with E-state index in [1.54, 1.807) is 7.11 Å². The van der Waals surface area contributed by atoms with E-state index in [0.29, 0.717) is 0 Å². The normalized spacial score (nSPS) is 16.4. The second-order valence-corrected chi connectivity index (χ2v) is 5.95. The van der Waals surface area contributed by atoms with Gasteiger partial charge in [-0.1, -0.05) is 48.5 Å². The van der Waals surface area contributed by atoms with Gasteiger partial charge in [0.05, 0.1) is 13.2 Å². The molecule has 114 valence electrons. The third-order valence-corrected chi connectivity index (χ3v) is 4.53. The van der Waals surface area contributed by atoms with Crippen LogP contribution in [0.3, 0.4) is 0 Å². The quantitative estimate of drug-likeness (QED) is 0.682. The first-order chi connectivity index (χ1) is 11.3. The van der Waals surface area contributed by atoms with Crippen LogP contribution in [0.4, 0.5) is 5.69 Å². The molecule has 0 fully saturated rings. The number of anilines is 1. The first-order valence-electron chi connectivity index (χ1n) is 7.87. The van der Waals surface area contributed by atoms with Crippen LogP contribution in [0.2, 0.25) is 0 Å². The van der Waals surface area contributed by atoms with Gasteiger partial charge in [0.15, 0.2) is 0 Å². The fourth-order valence-corrected chi connectivity index (χ4v) is 3.35. The fraction of sp³-hybridized carbons (Fsp3) is 0.143. The zero-order valence-electron chi connectivity index (χ0n) is 13.3. The molecule has 2 nitrogen and oxygen atoms in total. The number of allylic oxidation sites excluding steroid dienone is 1. The summed E-state index contributed by atoms with van der Waals surface area (Å²) in [5, 5.41) is 6.24. The minimum atomic E-state index is 0.189. The zero-order valence-corrected chi connectivity index (χ0v) is 13.3. The molecule has 0 amide bonds. The Hall–Kier alpha value is -2.74. The molecule has 1 heterocycles. The Morgan fingerprint density at radius 1 is 0.913 bits per heavy atom. The molecular weight excluding hydrogens is 282 g/mol. The van der Waals surface area contributed by atoms with Gasteiger partial charge in [-0.2, -0.15) is 0 Å². The average molecular weight is 301 g/mol. The topological polar surface area (TPSA) is 21.3 Å². The molecule has 1 atom stereocenters. The third kappa shape index (κ3) is 2.36. The fourth-order valence-electron chi connectivity index (χ4n) is 3.35. The van der Waals surface area contributed by atoms with Gasteiger partial charge in [0.2, 0.25) is 0 Å². The minimum Gasteiger partial charge on any atom is -0.497 e. The summed E-state index contributed by atoms with van der Waals surface area (Å²) in [6.07, 6.45) is 2.30. The summed E-state index contributed by atoms with van der Waals surface area (Å²) in [6.45, 7) is 2.20. The van der Waals surface area contributed by atoms with E-state index in [-0.39, 0.29) is 6.04 Å². The van der Waals surface area contributed by atoms with E-state index in [0.717, 1.165) is 5.75 Å². The highest BCUT2D eigenvalue weighted by molar-refractivity contribution is 6.00. The van der Waals surface area contributed by atoms with Crippen molar-refractivity contribution in [2.24, 2.45) is 0 Å². The lowest BCUT2D eigenvalue weighted by Crippen LogP contribution is -2.14. The molecule has 1 aliphatic heterocycles. The summed E-state index contributed by atoms with van der Waals surface area (Å²) in [4.78, 5) is 0. The van der Waals surface area contributed by atoms with Crippen molar-refractivity contribution >= 4 is 22.0 Å². The van der Waals surface area contributed by atoms with E-state index in [1.807, 2.05) is 12.1 Å². The second kappa shape index (κ2) is 5.47. The highest BCUT2D eigenvalue weighted by Crippen LogP contribution is 2.39. The molecule has 0 unspecified atom stereocenters. The van der Waals surface area contributed by atoms with E-state index in [9.17, 15) is 0 Å². The van der Waals surface area contributed by atoms with Crippen molar-refractivity contribution in [1.29, 1.82) is 0 Å². The van der Waals surface area contributed by atoms with Crippen LogP contribution in [-0.4, -0.2) is 7.11 Å². The SMILES string of the molecule is COc1ccc([C@@H]2C=C(C)c3c(ccc4ccccc34)N2)cc1. The number of methoxy groups -OCH3 is 1. The molecule has 0 saturated carbocycles. The van der Waals surface area contributed by atoms with Gasteiger partial charge in [0.1, 0.15) is 5.75 Å². The Balaban J connectivity index is 1.78. The second-order valence-electron chi connectivity index (χ2n) is 5.95. The van der Waals surface area contributed by atoms with Crippen molar-refractivity contribution in [3.05, 3.63) is 77.9 Å². The summed E-state index contributed by atoms with van der Waals surface area (Å²) in [6, 6.07) is 21.4. The highest BCUT2D eigenvalue weighted by atomic mass is 16.5. The van der Waals surface area contributed by atoms with E-state index in [1.165, 1.54) is 33.2 Å². The Morgan fingerprint density at radius 3 is 2.48 bits per heavy atom. The van der Waals surface area contributed by atoms with Crippen LogP contribution in [0, 0.1) is 0 Å². The molecule has 1 aliphatic rings. The molecule has 0 bridgehead atoms. The van der Waals surface area contributed by atoms with E-state index < -0.39 is 0 Å². The summed E-state index contributed by atoms with van der Waals surface area (Å²) < 4.78 is 5.25. The number of hydrogen-bond acceptors (Lipinski definition) is 2. The molecule has 3 aromatic carbocycles. The molecule has 0 aromatic heterocycles. The zero-order chi connectivity index (χ0) is 15.8. The highest BCUT2D eigenvalue weighted by Gasteiger charge is 2.19. The van der Waals surface area contributed by atoms with Gasteiger partial charge in [0, 0.05) is 11.3 Å². The summed E-state index contributed by atoms with van der Waals surface area (Å²) in [5.74, 6) is 0.886. The Bertz CT molecular complexity index is 893. The maximum atomic E-state index is 5.25. The molecular formula is C21H19NO. The average Bonchev–Trinajstić information content (AvgIpc) is 2.61. The molecule has 23 heavy (non-hydrogen) atoms. The maximum Gasteiger partial charge on any atom is 0.118 e. The van der Waals surface area contributed by atoms with Crippen LogP contribution >= 0.6 is 0 Å². The molecule has 2 heteroatoms. The smallest absolute Gasteiger partial charge is 0.118 e. The lowest BCUT2D eigenvalue weighted by Gasteiger charge is -2.27. The van der Waals surface area contributed by atoms with Crippen molar-refractivity contribution in [1.82, 2.24) is 0 Å². The Kier molecular flexibility index (Phi) is 3.30. The largest absolute Gasteiger partial charge is 0.497 e. The number of ether oxygens (including phenoxy) is 1. The molecule has 0 spiro atoms. The van der Waals surface area contributed by atoms with Crippen LogP contribution in [0.1, 0.15) is 24.1 Å². The van der Waals surface area contributed by atoms with Crippen molar-refractivity contribution < 1.29 is 4.74 Å². The first-order valence-corrected chi connectivity index (χ1v) is 7.87. The maximum absolute atomic E-state index is 5.25. The number of nitrogens with one attached hydrogen (secondary N) is 1. The number of fused-ring (bicyclic) bond motifs is 3. The number of rotatable bonds is 2. The van der Waals surface area contributed by atoms with Crippen LogP contribution in [0.5, 0.6) is 5.75 Å². The Morgan fingerprint density at radius 2 is 1.70 bits per heavy atom. The van der Waals surface area contributed by atoms with Gasteiger partial charge in [-0.3, -0.25) is 0 Å². The molecule has 3 aromatic rings. The van der Waals surface area contributed by atoms with Gasteiger partial charge in [-0.25, -0.2) is 0 Å². The number of hydrogen-bond donors (Lipinski definition) is 1. The third-order valence-electron chi connectivity index (χ3n) is 4.53. The van der Waals surface area contributed by atoms with Crippen LogP contribution in [0.15, 0.2) is 66.7 Å². The summed E-state index contributed by atoms with van der Waals surface area (Å²) in [7, 11) is 1.69. The summed E-state index contributed by atoms with van der Waals surface area (Å²) >= 11 is 0. The predicted octanol–water partition coefficient (Wildman–Crippen LogP) is 5.42. The standard InChI is InChI=1S/C21H19NO/c1-14-13-20(16-7-10-17(23-2)11-8-16)22-19-12-9-15-5-3-4-6-18(15)21(14)19/h3-13,20,22H,1-2H3/t20-/m0/s1. The van der Waals surface area contributed by atoms with Crippen molar-refractivity contribution in [3.8, 4) is 5.75 Å². The van der Waals surface area contributed by atoms with E-state index >= 15 is 0 Å². The van der Waals surface area contributed by atoms with E-state index in [2.05, 4.69) is 66.8 Å². The Labute approximate surface area is 136 Å².